The fourth-order valence-electron chi connectivity index (χ4n) is 1.91. The molecule has 2 aromatic rings. The maximum absolute atomic E-state index is 11.9. The normalized spacial score (nSPS) is 10.5. The fraction of sp³-hybridized carbons (Fsp3) is 0.118. The minimum Gasteiger partial charge on any atom is -0.493 e. The molecule has 0 unspecified atom stereocenters. The summed E-state index contributed by atoms with van der Waals surface area (Å²) in [6.45, 7) is 0. The number of anilines is 1. The highest BCUT2D eigenvalue weighted by atomic mass is 35.5. The number of carbonyl (C=O) groups is 1. The van der Waals surface area contributed by atoms with Gasteiger partial charge < -0.3 is 14.8 Å². The van der Waals surface area contributed by atoms with Crippen LogP contribution in [0.3, 0.4) is 0 Å². The van der Waals surface area contributed by atoms with Crippen molar-refractivity contribution in [3.05, 3.63) is 59.1 Å². The van der Waals surface area contributed by atoms with Crippen LogP contribution in [0.1, 0.15) is 5.56 Å². The molecule has 1 amide bonds. The molecule has 4 nitrogen and oxygen atoms in total. The van der Waals surface area contributed by atoms with Gasteiger partial charge >= 0.3 is 0 Å². The van der Waals surface area contributed by atoms with Crippen LogP contribution in [0.15, 0.2) is 48.5 Å². The van der Waals surface area contributed by atoms with Gasteiger partial charge in [0.2, 0.25) is 5.91 Å². The second-order valence-corrected chi connectivity index (χ2v) is 4.83. The summed E-state index contributed by atoms with van der Waals surface area (Å²) in [5.74, 6) is 0.755. The molecule has 22 heavy (non-hydrogen) atoms. The van der Waals surface area contributed by atoms with Crippen molar-refractivity contribution in [2.75, 3.05) is 19.5 Å². The molecular weight excluding hydrogens is 302 g/mol. The lowest BCUT2D eigenvalue weighted by Gasteiger charge is -2.10. The van der Waals surface area contributed by atoms with Crippen LogP contribution < -0.4 is 14.8 Å². The van der Waals surface area contributed by atoms with Gasteiger partial charge in [-0.15, -0.1) is 0 Å². The average Bonchev–Trinajstić information content (AvgIpc) is 2.53. The summed E-state index contributed by atoms with van der Waals surface area (Å²) in [4.78, 5) is 11.9. The van der Waals surface area contributed by atoms with Gasteiger partial charge in [-0.1, -0.05) is 29.8 Å². The van der Waals surface area contributed by atoms with E-state index in [1.54, 1.807) is 18.2 Å². The van der Waals surface area contributed by atoms with Gasteiger partial charge in [0.05, 0.1) is 19.2 Å². The minimum atomic E-state index is -0.225. The Morgan fingerprint density at radius 2 is 1.86 bits per heavy atom. The summed E-state index contributed by atoms with van der Waals surface area (Å²) in [5, 5.41) is 3.18. The summed E-state index contributed by atoms with van der Waals surface area (Å²) in [6, 6.07) is 12.7. The van der Waals surface area contributed by atoms with Gasteiger partial charge in [0.25, 0.3) is 0 Å². The molecule has 0 radical (unpaired) electrons. The van der Waals surface area contributed by atoms with E-state index in [0.29, 0.717) is 16.5 Å². The van der Waals surface area contributed by atoms with E-state index in [1.165, 1.54) is 20.3 Å². The van der Waals surface area contributed by atoms with E-state index >= 15 is 0 Å². The number of carbonyl (C=O) groups excluding carboxylic acids is 1. The molecule has 0 saturated carbocycles. The van der Waals surface area contributed by atoms with E-state index in [2.05, 4.69) is 5.32 Å². The summed E-state index contributed by atoms with van der Waals surface area (Å²) < 4.78 is 10.4. The first kappa shape index (κ1) is 15.9. The van der Waals surface area contributed by atoms with E-state index in [9.17, 15) is 4.79 Å². The molecule has 0 aromatic heterocycles. The average molecular weight is 318 g/mol. The molecule has 0 fully saturated rings. The molecule has 0 aliphatic carbocycles. The van der Waals surface area contributed by atoms with E-state index in [0.717, 1.165) is 11.3 Å². The lowest BCUT2D eigenvalue weighted by atomic mass is 10.2. The number of nitrogens with one attached hydrogen (secondary N) is 1. The van der Waals surface area contributed by atoms with Crippen LogP contribution >= 0.6 is 11.6 Å². The molecule has 0 aliphatic rings. The monoisotopic (exact) mass is 317 g/mol. The molecule has 5 heteroatoms. The van der Waals surface area contributed by atoms with Crippen molar-refractivity contribution in [1.29, 1.82) is 0 Å². The van der Waals surface area contributed by atoms with Gasteiger partial charge in [-0.2, -0.15) is 0 Å². The van der Waals surface area contributed by atoms with Crippen molar-refractivity contribution >= 4 is 29.3 Å². The molecule has 0 aliphatic heterocycles. The maximum Gasteiger partial charge on any atom is 0.248 e. The second-order valence-electron chi connectivity index (χ2n) is 4.43. The van der Waals surface area contributed by atoms with Crippen LogP contribution in [0, 0.1) is 0 Å². The lowest BCUT2D eigenvalue weighted by Crippen LogP contribution is -2.07. The number of para-hydroxylation sites is 1. The van der Waals surface area contributed by atoms with Gasteiger partial charge in [-0.05, 0) is 35.9 Å². The smallest absolute Gasteiger partial charge is 0.248 e. The van der Waals surface area contributed by atoms with Gasteiger partial charge in [-0.3, -0.25) is 4.79 Å². The largest absolute Gasteiger partial charge is 0.493 e. The third kappa shape index (κ3) is 4.02. The Balaban J connectivity index is 2.13. The number of ether oxygens (including phenoxy) is 2. The van der Waals surface area contributed by atoms with Gasteiger partial charge in [0.1, 0.15) is 0 Å². The number of rotatable bonds is 5. The summed E-state index contributed by atoms with van der Waals surface area (Å²) >= 11 is 6.12. The lowest BCUT2D eigenvalue weighted by molar-refractivity contribution is -0.111. The highest BCUT2D eigenvalue weighted by Crippen LogP contribution is 2.36. The SMILES string of the molecule is COc1cc(/C=C/C(=O)Nc2ccccc2)cc(Cl)c1OC. The van der Waals surface area contributed by atoms with Gasteiger partial charge in [-0.25, -0.2) is 0 Å². The summed E-state index contributed by atoms with van der Waals surface area (Å²) in [6.07, 6.45) is 3.09. The first-order valence-electron chi connectivity index (χ1n) is 6.59. The minimum absolute atomic E-state index is 0.225. The molecule has 0 heterocycles. The Morgan fingerprint density at radius 1 is 1.14 bits per heavy atom. The number of hydrogen-bond donors (Lipinski definition) is 1. The van der Waals surface area contributed by atoms with Crippen molar-refractivity contribution in [3.63, 3.8) is 0 Å². The molecule has 0 saturated heterocycles. The van der Waals surface area contributed by atoms with Crippen molar-refractivity contribution in [2.24, 2.45) is 0 Å². The van der Waals surface area contributed by atoms with E-state index in [-0.39, 0.29) is 5.91 Å². The zero-order valence-electron chi connectivity index (χ0n) is 12.3. The summed E-state index contributed by atoms with van der Waals surface area (Å²) in [7, 11) is 3.05. The van der Waals surface area contributed by atoms with Gasteiger partial charge in [0, 0.05) is 11.8 Å². The number of benzene rings is 2. The topological polar surface area (TPSA) is 47.6 Å². The highest BCUT2D eigenvalue weighted by molar-refractivity contribution is 6.32. The number of methoxy groups -OCH3 is 2. The predicted molar refractivity (Wildman–Crippen MR) is 88.7 cm³/mol. The fourth-order valence-corrected chi connectivity index (χ4v) is 2.21. The zero-order chi connectivity index (χ0) is 15.9. The van der Waals surface area contributed by atoms with Crippen LogP contribution in [0.2, 0.25) is 5.02 Å². The van der Waals surface area contributed by atoms with Crippen LogP contribution in [0.25, 0.3) is 6.08 Å². The van der Waals surface area contributed by atoms with Crippen molar-refractivity contribution in [2.45, 2.75) is 0 Å². The van der Waals surface area contributed by atoms with E-state index < -0.39 is 0 Å². The van der Waals surface area contributed by atoms with Crippen molar-refractivity contribution < 1.29 is 14.3 Å². The van der Waals surface area contributed by atoms with Crippen LogP contribution in [-0.4, -0.2) is 20.1 Å². The van der Waals surface area contributed by atoms with E-state index in [4.69, 9.17) is 21.1 Å². The molecule has 0 bridgehead atoms. The molecule has 2 aromatic carbocycles. The highest BCUT2D eigenvalue weighted by Gasteiger charge is 2.09. The number of halogens is 1. The molecule has 0 spiro atoms. The number of amides is 1. The van der Waals surface area contributed by atoms with Crippen LogP contribution in [0.5, 0.6) is 11.5 Å². The van der Waals surface area contributed by atoms with Crippen LogP contribution in [-0.2, 0) is 4.79 Å². The molecular formula is C17H16ClNO3. The zero-order valence-corrected chi connectivity index (χ0v) is 13.1. The van der Waals surface area contributed by atoms with Gasteiger partial charge in [0.15, 0.2) is 11.5 Å². The maximum atomic E-state index is 11.9. The van der Waals surface area contributed by atoms with Crippen LogP contribution in [0.4, 0.5) is 5.69 Å². The Bertz CT molecular complexity index is 684. The van der Waals surface area contributed by atoms with E-state index in [1.807, 2.05) is 30.3 Å². The standard InChI is InChI=1S/C17H16ClNO3/c1-21-15-11-12(10-14(18)17(15)22-2)8-9-16(20)19-13-6-4-3-5-7-13/h3-11H,1-2H3,(H,19,20)/b9-8+. The molecule has 114 valence electrons. The predicted octanol–water partition coefficient (Wildman–Crippen LogP) is 4.01. The second kappa shape index (κ2) is 7.52. The quantitative estimate of drug-likeness (QED) is 0.848. The molecule has 0 atom stereocenters. The van der Waals surface area contributed by atoms with Crippen molar-refractivity contribution in [1.82, 2.24) is 0 Å². The first-order chi connectivity index (χ1) is 10.6. The Labute approximate surface area is 134 Å². The first-order valence-corrected chi connectivity index (χ1v) is 6.97. The Kier molecular flexibility index (Phi) is 5.44. The van der Waals surface area contributed by atoms with Crippen molar-refractivity contribution in [3.8, 4) is 11.5 Å². The third-order valence-electron chi connectivity index (χ3n) is 2.92. The number of hydrogen-bond acceptors (Lipinski definition) is 3. The molecule has 2 rings (SSSR count). The Morgan fingerprint density at radius 3 is 2.50 bits per heavy atom. The Hall–Kier alpha value is -2.46. The molecule has 1 N–H and O–H groups in total. The summed E-state index contributed by atoms with van der Waals surface area (Å²) in [5.41, 5.74) is 1.48. The third-order valence-corrected chi connectivity index (χ3v) is 3.21.